The first-order chi connectivity index (χ1) is 11.9. The van der Waals surface area contributed by atoms with Crippen LogP contribution in [0.4, 0.5) is 0 Å². The topological polar surface area (TPSA) is 104 Å². The van der Waals surface area contributed by atoms with Gasteiger partial charge in [-0.1, -0.05) is 30.7 Å². The van der Waals surface area contributed by atoms with Gasteiger partial charge >= 0.3 is 0 Å². The van der Waals surface area contributed by atoms with Crippen molar-refractivity contribution in [3.8, 4) is 5.69 Å². The van der Waals surface area contributed by atoms with E-state index in [0.717, 1.165) is 0 Å². The Morgan fingerprint density at radius 1 is 1.28 bits per heavy atom. The zero-order valence-corrected chi connectivity index (χ0v) is 14.3. The third-order valence-corrected chi connectivity index (χ3v) is 4.35. The fraction of sp³-hybridized carbons (Fsp3) is 0.167. The molecule has 2 aromatic carbocycles. The molecule has 128 valence electrons. The second-order valence-electron chi connectivity index (χ2n) is 5.67. The van der Waals surface area contributed by atoms with Crippen molar-refractivity contribution in [2.45, 2.75) is 19.4 Å². The Morgan fingerprint density at radius 3 is 2.68 bits per heavy atom. The molecule has 0 aliphatic rings. The molecule has 7 heteroatoms. The van der Waals surface area contributed by atoms with Gasteiger partial charge in [0.25, 0.3) is 5.56 Å². The number of aromatic nitrogens is 2. The van der Waals surface area contributed by atoms with Crippen LogP contribution in [0.2, 0.25) is 5.02 Å². The quantitative estimate of drug-likeness (QED) is 0.749. The van der Waals surface area contributed by atoms with E-state index >= 15 is 0 Å². The van der Waals surface area contributed by atoms with Gasteiger partial charge in [0.05, 0.1) is 27.7 Å². The fourth-order valence-electron chi connectivity index (χ4n) is 2.69. The molecule has 0 radical (unpaired) electrons. The van der Waals surface area contributed by atoms with E-state index in [9.17, 15) is 9.59 Å². The lowest BCUT2D eigenvalue weighted by molar-refractivity contribution is 0.1000. The summed E-state index contributed by atoms with van der Waals surface area (Å²) in [6.07, 6.45) is 0.591. The molecule has 1 aromatic heterocycles. The van der Waals surface area contributed by atoms with E-state index in [1.54, 1.807) is 42.5 Å². The van der Waals surface area contributed by atoms with E-state index in [0.29, 0.717) is 39.4 Å². The number of hydrogen-bond donors (Lipinski definition) is 2. The smallest absolute Gasteiger partial charge is 0.267 e. The maximum Gasteiger partial charge on any atom is 0.267 e. The Balaban J connectivity index is 2.41. The zero-order valence-electron chi connectivity index (χ0n) is 13.6. The third-order valence-electron chi connectivity index (χ3n) is 4.03. The number of benzene rings is 2. The molecule has 0 unspecified atom stereocenters. The fourth-order valence-corrected chi connectivity index (χ4v) is 2.94. The van der Waals surface area contributed by atoms with E-state index in [4.69, 9.17) is 23.1 Å². The monoisotopic (exact) mass is 356 g/mol. The van der Waals surface area contributed by atoms with Crippen molar-refractivity contribution in [2.24, 2.45) is 11.5 Å². The van der Waals surface area contributed by atoms with Crippen LogP contribution in [0.15, 0.2) is 47.3 Å². The van der Waals surface area contributed by atoms with Crippen LogP contribution in [-0.2, 0) is 0 Å². The second kappa shape index (κ2) is 6.66. The van der Waals surface area contributed by atoms with Crippen molar-refractivity contribution >= 4 is 28.4 Å². The van der Waals surface area contributed by atoms with Gasteiger partial charge in [0.1, 0.15) is 5.82 Å². The van der Waals surface area contributed by atoms with Crippen molar-refractivity contribution < 1.29 is 4.79 Å². The van der Waals surface area contributed by atoms with E-state index in [2.05, 4.69) is 4.98 Å². The summed E-state index contributed by atoms with van der Waals surface area (Å²) >= 11 is 6.21. The third kappa shape index (κ3) is 3.01. The molecule has 0 saturated carbocycles. The van der Waals surface area contributed by atoms with Gasteiger partial charge in [0.15, 0.2) is 0 Å². The molecule has 6 nitrogen and oxygen atoms in total. The maximum absolute atomic E-state index is 13.1. The molecule has 0 aliphatic carbocycles. The summed E-state index contributed by atoms with van der Waals surface area (Å²) in [4.78, 5) is 29.2. The highest BCUT2D eigenvalue weighted by Gasteiger charge is 2.19. The van der Waals surface area contributed by atoms with Crippen molar-refractivity contribution in [3.05, 3.63) is 69.2 Å². The van der Waals surface area contributed by atoms with E-state index in [1.165, 1.54) is 4.57 Å². The maximum atomic E-state index is 13.1. The van der Waals surface area contributed by atoms with Crippen molar-refractivity contribution in [1.29, 1.82) is 0 Å². The summed E-state index contributed by atoms with van der Waals surface area (Å²) in [6, 6.07) is 11.1. The standard InChI is InChI=1S/C18H17ClN4O2/c1-2-13(20)17-22-14-8-4-7-12(19)15(14)18(25)23(17)11-6-3-5-10(9-11)16(21)24/h3-9,13H,2,20H2,1H3,(H2,21,24)/t13-/m0/s1. The van der Waals surface area contributed by atoms with Crippen LogP contribution in [0, 0.1) is 0 Å². The van der Waals surface area contributed by atoms with Crippen molar-refractivity contribution in [2.75, 3.05) is 0 Å². The van der Waals surface area contributed by atoms with Crippen LogP contribution < -0.4 is 17.0 Å². The van der Waals surface area contributed by atoms with Gasteiger partial charge in [-0.2, -0.15) is 0 Å². The van der Waals surface area contributed by atoms with Gasteiger partial charge in [0.2, 0.25) is 5.91 Å². The van der Waals surface area contributed by atoms with Crippen LogP contribution in [0.5, 0.6) is 0 Å². The number of carbonyl (C=O) groups is 1. The summed E-state index contributed by atoms with van der Waals surface area (Å²) < 4.78 is 1.40. The first-order valence-corrected chi connectivity index (χ1v) is 8.18. The summed E-state index contributed by atoms with van der Waals surface area (Å²) in [5.41, 5.74) is 12.4. The Labute approximate surface area is 149 Å². The second-order valence-corrected chi connectivity index (χ2v) is 6.08. The highest BCUT2D eigenvalue weighted by molar-refractivity contribution is 6.35. The number of amides is 1. The van der Waals surface area contributed by atoms with Gasteiger partial charge < -0.3 is 11.5 Å². The molecule has 1 amide bonds. The number of fused-ring (bicyclic) bond motifs is 1. The minimum Gasteiger partial charge on any atom is -0.366 e. The lowest BCUT2D eigenvalue weighted by Gasteiger charge is -2.18. The van der Waals surface area contributed by atoms with Gasteiger partial charge in [-0.05, 0) is 36.8 Å². The number of nitrogens with two attached hydrogens (primary N) is 2. The zero-order chi connectivity index (χ0) is 18.1. The minimum atomic E-state index is -0.581. The van der Waals surface area contributed by atoms with Gasteiger partial charge in [-0.15, -0.1) is 0 Å². The number of rotatable bonds is 4. The molecule has 0 saturated heterocycles. The highest BCUT2D eigenvalue weighted by atomic mass is 35.5. The molecule has 3 rings (SSSR count). The largest absolute Gasteiger partial charge is 0.366 e. The van der Waals surface area contributed by atoms with Crippen LogP contribution >= 0.6 is 11.6 Å². The van der Waals surface area contributed by atoms with Crippen molar-refractivity contribution in [1.82, 2.24) is 9.55 Å². The Morgan fingerprint density at radius 2 is 2.00 bits per heavy atom. The Kier molecular flexibility index (Phi) is 4.57. The SMILES string of the molecule is CC[C@H](N)c1nc2cccc(Cl)c2c(=O)n1-c1cccc(C(N)=O)c1. The van der Waals surface area contributed by atoms with Gasteiger partial charge in [-0.25, -0.2) is 4.98 Å². The molecule has 0 bridgehead atoms. The molecule has 1 atom stereocenters. The van der Waals surface area contributed by atoms with Crippen LogP contribution in [0.1, 0.15) is 35.6 Å². The molecule has 4 N–H and O–H groups in total. The molecule has 3 aromatic rings. The summed E-state index contributed by atoms with van der Waals surface area (Å²) in [5.74, 6) is -0.174. The number of primary amides is 1. The van der Waals surface area contributed by atoms with E-state index < -0.39 is 11.9 Å². The average molecular weight is 357 g/mol. The molecule has 25 heavy (non-hydrogen) atoms. The first-order valence-electron chi connectivity index (χ1n) is 7.81. The Bertz CT molecular complexity index is 1030. The van der Waals surface area contributed by atoms with Crippen LogP contribution in [-0.4, -0.2) is 15.5 Å². The van der Waals surface area contributed by atoms with Gasteiger partial charge in [0, 0.05) is 5.56 Å². The molecule has 1 heterocycles. The minimum absolute atomic E-state index is 0.291. The summed E-state index contributed by atoms with van der Waals surface area (Å²) in [5, 5.41) is 0.618. The lowest BCUT2D eigenvalue weighted by Crippen LogP contribution is -2.28. The molecule has 0 fully saturated rings. The van der Waals surface area contributed by atoms with Crippen LogP contribution in [0.3, 0.4) is 0 Å². The predicted octanol–water partition coefficient (Wildman–Crippen LogP) is 2.55. The first kappa shape index (κ1) is 17.1. The van der Waals surface area contributed by atoms with Crippen molar-refractivity contribution in [3.63, 3.8) is 0 Å². The number of halogens is 1. The highest BCUT2D eigenvalue weighted by Crippen LogP contribution is 2.23. The van der Waals surface area contributed by atoms with Gasteiger partial charge in [-0.3, -0.25) is 14.2 Å². The summed E-state index contributed by atoms with van der Waals surface area (Å²) in [7, 11) is 0. The summed E-state index contributed by atoms with van der Waals surface area (Å²) in [6.45, 7) is 1.91. The van der Waals surface area contributed by atoms with Crippen LogP contribution in [0.25, 0.3) is 16.6 Å². The predicted molar refractivity (Wildman–Crippen MR) is 98.1 cm³/mol. The molecule has 0 spiro atoms. The number of hydrogen-bond acceptors (Lipinski definition) is 4. The average Bonchev–Trinajstić information content (AvgIpc) is 2.60. The number of nitrogens with zero attached hydrogens (tertiary/aromatic N) is 2. The number of carbonyl (C=O) groups excluding carboxylic acids is 1. The normalized spacial score (nSPS) is 12.3. The Hall–Kier alpha value is -2.70. The van der Waals surface area contributed by atoms with E-state index in [1.807, 2.05) is 6.92 Å². The molecular weight excluding hydrogens is 340 g/mol. The van der Waals surface area contributed by atoms with E-state index in [-0.39, 0.29) is 5.56 Å². The molecule has 0 aliphatic heterocycles. The molecular formula is C18H17ClN4O2. The lowest BCUT2D eigenvalue weighted by atomic mass is 10.1.